The fourth-order valence-corrected chi connectivity index (χ4v) is 0.684. The predicted molar refractivity (Wildman–Crippen MR) is 29.2 cm³/mol. The predicted octanol–water partition coefficient (Wildman–Crippen LogP) is -8.25. The monoisotopic (exact) mass is 352 g/mol. The molecule has 0 atom stereocenters. The number of hydrogen-bond acceptors (Lipinski definition) is 7. The van der Waals surface area contributed by atoms with Gasteiger partial charge in [-0.2, -0.15) is 0 Å². The van der Waals surface area contributed by atoms with E-state index < -0.39 is 36.4 Å². The number of aliphatic hydroxyl groups is 1. The number of carboxylic acids is 3. The van der Waals surface area contributed by atoms with Gasteiger partial charge in [-0.3, -0.25) is 0 Å². The molecule has 82 valence electrons. The van der Waals surface area contributed by atoms with Crippen molar-refractivity contribution in [1.29, 1.82) is 0 Å². The van der Waals surface area contributed by atoms with Crippen LogP contribution in [0.2, 0.25) is 0 Å². The molecule has 0 aliphatic carbocycles. The third-order valence-corrected chi connectivity index (χ3v) is 1.25. The van der Waals surface area contributed by atoms with Crippen molar-refractivity contribution in [2.45, 2.75) is 18.4 Å². The maximum absolute atomic E-state index is 10.1. The molecule has 0 heterocycles. The summed E-state index contributed by atoms with van der Waals surface area (Å²) in [6.45, 7) is 0. The van der Waals surface area contributed by atoms with Crippen LogP contribution >= 0.6 is 0 Å². The van der Waals surface area contributed by atoms with Gasteiger partial charge in [0.25, 0.3) is 0 Å². The fraction of sp³-hybridized carbons (Fsp3) is 0.500. The quantitative estimate of drug-likeness (QED) is 0.483. The minimum Gasteiger partial charge on any atom is -1.00 e. The van der Waals surface area contributed by atoms with Gasteiger partial charge in [0.05, 0.1) is 5.97 Å². The van der Waals surface area contributed by atoms with Gasteiger partial charge in [-0.05, 0) is 0 Å². The van der Waals surface area contributed by atoms with E-state index in [9.17, 15) is 29.7 Å². The molecule has 0 aliphatic heterocycles. The molecule has 0 aromatic heterocycles. The van der Waals surface area contributed by atoms with E-state index in [0.29, 0.717) is 0 Å². The zero-order valence-corrected chi connectivity index (χ0v) is 14.8. The van der Waals surface area contributed by atoms with Crippen LogP contribution in [0, 0.1) is 0 Å². The van der Waals surface area contributed by atoms with Gasteiger partial charge < -0.3 is 47.2 Å². The van der Waals surface area contributed by atoms with Crippen LogP contribution in [0.1, 0.15) is 12.8 Å². The second-order valence-corrected chi connectivity index (χ2v) is 2.42. The first-order valence-corrected chi connectivity index (χ1v) is 3.11. The summed E-state index contributed by atoms with van der Waals surface area (Å²) >= 11 is 0. The van der Waals surface area contributed by atoms with E-state index >= 15 is 0 Å². The molecule has 7 nitrogen and oxygen atoms in total. The van der Waals surface area contributed by atoms with E-state index in [-0.39, 0.29) is 51.4 Å². The first-order valence-electron chi connectivity index (χ1n) is 3.11. The summed E-state index contributed by atoms with van der Waals surface area (Å²) < 4.78 is 0. The Kier molecular flexibility index (Phi) is 15.7. The second kappa shape index (κ2) is 10.1. The van der Waals surface area contributed by atoms with Crippen LogP contribution in [0.3, 0.4) is 0 Å². The molecule has 16 heavy (non-hydrogen) atoms. The standard InChI is InChI=1S/C6H8O7.ClH.2Zn/c7-3(8)1-6(13,5(11)12)2-4(9)10;;;/h13H,1-2H2,(H,7,8)(H,9,10)(H,11,12);1H;;/q;;2*+2/p-4. The van der Waals surface area contributed by atoms with Crippen LogP contribution < -0.4 is 27.7 Å². The number of aliphatic carboxylic acids is 3. The molecule has 0 saturated carbocycles. The molecule has 0 fully saturated rings. The average Bonchev–Trinajstić information content (AvgIpc) is 1.82. The molecule has 0 spiro atoms. The Morgan fingerprint density at radius 3 is 1.31 bits per heavy atom. The molecule has 0 aromatic carbocycles. The summed E-state index contributed by atoms with van der Waals surface area (Å²) in [5.41, 5.74) is -2.97. The Morgan fingerprint density at radius 2 is 1.19 bits per heavy atom. The summed E-state index contributed by atoms with van der Waals surface area (Å²) in [5, 5.41) is 38.9. The minimum absolute atomic E-state index is 0. The zero-order chi connectivity index (χ0) is 10.6. The van der Waals surface area contributed by atoms with Crippen LogP contribution in [0.4, 0.5) is 0 Å². The van der Waals surface area contributed by atoms with Crippen molar-refractivity contribution in [3.8, 4) is 0 Å². The molecule has 0 aliphatic rings. The average molecular weight is 355 g/mol. The maximum atomic E-state index is 10.1. The molecule has 0 radical (unpaired) electrons. The van der Waals surface area contributed by atoms with Crippen molar-refractivity contribution in [2.24, 2.45) is 0 Å². The van der Waals surface area contributed by atoms with Crippen molar-refractivity contribution in [3.05, 3.63) is 0 Å². The molecular formula is C6H5ClO7Zn2. The summed E-state index contributed by atoms with van der Waals surface area (Å²) in [6.07, 6.45) is -2.72. The number of carbonyl (C=O) groups excluding carboxylic acids is 3. The number of halogens is 1. The zero-order valence-electron chi connectivity index (χ0n) is 8.10. The molecular weight excluding hydrogens is 350 g/mol. The van der Waals surface area contributed by atoms with Gasteiger partial charge in [-0.1, -0.05) is 0 Å². The summed E-state index contributed by atoms with van der Waals surface area (Å²) in [5.74, 6) is -5.98. The number of hydrogen-bond donors (Lipinski definition) is 1. The fourth-order valence-electron chi connectivity index (χ4n) is 0.684. The van der Waals surface area contributed by atoms with Gasteiger partial charge in [0.1, 0.15) is 5.60 Å². The van der Waals surface area contributed by atoms with Gasteiger partial charge >= 0.3 is 39.0 Å². The molecule has 0 unspecified atom stereocenters. The number of carbonyl (C=O) groups is 3. The minimum atomic E-state index is -2.97. The third kappa shape index (κ3) is 9.16. The van der Waals surface area contributed by atoms with Gasteiger partial charge in [-0.25, -0.2) is 0 Å². The van der Waals surface area contributed by atoms with Crippen LogP contribution in [0.25, 0.3) is 0 Å². The van der Waals surface area contributed by atoms with E-state index in [0.717, 1.165) is 0 Å². The van der Waals surface area contributed by atoms with Crippen LogP contribution in [-0.2, 0) is 53.3 Å². The molecule has 0 bridgehead atoms. The molecule has 0 amide bonds. The van der Waals surface area contributed by atoms with E-state index in [1.54, 1.807) is 0 Å². The van der Waals surface area contributed by atoms with E-state index in [1.807, 2.05) is 0 Å². The number of rotatable bonds is 5. The van der Waals surface area contributed by atoms with Crippen LogP contribution in [0.5, 0.6) is 0 Å². The summed E-state index contributed by atoms with van der Waals surface area (Å²) in [6, 6.07) is 0. The van der Waals surface area contributed by atoms with Crippen molar-refractivity contribution in [3.63, 3.8) is 0 Å². The molecule has 10 heteroatoms. The Morgan fingerprint density at radius 1 is 0.938 bits per heavy atom. The van der Waals surface area contributed by atoms with Gasteiger partial charge in [-0.15, -0.1) is 0 Å². The summed E-state index contributed by atoms with van der Waals surface area (Å²) in [4.78, 5) is 30.0. The smallest absolute Gasteiger partial charge is 1.00 e. The Balaban J connectivity index is -0.000000240. The van der Waals surface area contributed by atoms with Crippen molar-refractivity contribution in [2.75, 3.05) is 0 Å². The van der Waals surface area contributed by atoms with Gasteiger partial charge in [0.15, 0.2) is 0 Å². The largest absolute Gasteiger partial charge is 2.00 e. The maximum Gasteiger partial charge on any atom is 2.00 e. The molecule has 0 saturated heterocycles. The third-order valence-electron chi connectivity index (χ3n) is 1.25. The normalized spacial score (nSPS) is 8.81. The van der Waals surface area contributed by atoms with Crippen molar-refractivity contribution in [1.82, 2.24) is 0 Å². The van der Waals surface area contributed by atoms with Gasteiger partial charge in [0.2, 0.25) is 0 Å². The van der Waals surface area contributed by atoms with Crippen molar-refractivity contribution >= 4 is 17.9 Å². The Hall–Kier alpha value is -0.0932. The Bertz CT molecular complexity index is 241. The first-order chi connectivity index (χ1) is 5.78. The second-order valence-electron chi connectivity index (χ2n) is 2.42. The van der Waals surface area contributed by atoms with Gasteiger partial charge in [0, 0.05) is 24.8 Å². The topological polar surface area (TPSA) is 141 Å². The van der Waals surface area contributed by atoms with Crippen LogP contribution in [0.15, 0.2) is 0 Å². The molecule has 0 rings (SSSR count). The van der Waals surface area contributed by atoms with Crippen LogP contribution in [-0.4, -0.2) is 28.6 Å². The molecule has 1 N–H and O–H groups in total. The number of carboxylic acid groups (broad SMARTS) is 3. The van der Waals surface area contributed by atoms with E-state index in [4.69, 9.17) is 5.11 Å². The first kappa shape index (κ1) is 24.9. The van der Waals surface area contributed by atoms with Crippen molar-refractivity contribution < 1.29 is 86.2 Å². The molecule has 0 aromatic rings. The Labute approximate surface area is 122 Å². The van der Waals surface area contributed by atoms with E-state index in [1.165, 1.54) is 0 Å². The summed E-state index contributed by atoms with van der Waals surface area (Å²) in [7, 11) is 0. The SMILES string of the molecule is O=C([O-])CC(O)(CC(=O)[O-])C(=O)[O-].[Cl-].[Zn+2].[Zn+2]. The van der Waals surface area contributed by atoms with E-state index in [2.05, 4.69) is 0 Å².